The molecular weight excluding hydrogens is 302 g/mol. The van der Waals surface area contributed by atoms with Crippen molar-refractivity contribution < 1.29 is 18.0 Å². The van der Waals surface area contributed by atoms with E-state index in [2.05, 4.69) is 0 Å². The predicted octanol–water partition coefficient (Wildman–Crippen LogP) is 3.92. The fourth-order valence-corrected chi connectivity index (χ4v) is 1.61. The van der Waals surface area contributed by atoms with Crippen molar-refractivity contribution in [1.29, 1.82) is 0 Å². The van der Waals surface area contributed by atoms with Crippen molar-refractivity contribution in [3.8, 4) is 0 Å². The highest BCUT2D eigenvalue weighted by Crippen LogP contribution is 2.35. The normalized spacial score (nSPS) is 11.3. The molecule has 0 saturated heterocycles. The van der Waals surface area contributed by atoms with E-state index in [1.807, 2.05) is 0 Å². The van der Waals surface area contributed by atoms with Gasteiger partial charge in [-0.2, -0.15) is 13.2 Å². The molecule has 0 amide bonds. The zero-order valence-electron chi connectivity index (χ0n) is 10.4. The molecule has 0 aliphatic rings. The van der Waals surface area contributed by atoms with Crippen molar-refractivity contribution in [3.05, 3.63) is 34.3 Å². The quantitative estimate of drug-likeness (QED) is 0.785. The van der Waals surface area contributed by atoms with Crippen molar-refractivity contribution in [2.45, 2.75) is 12.6 Å². The van der Waals surface area contributed by atoms with Gasteiger partial charge in [-0.25, -0.2) is 0 Å². The number of halogens is 5. The highest BCUT2D eigenvalue weighted by Gasteiger charge is 2.33. The molecule has 19 heavy (non-hydrogen) atoms. The van der Waals surface area contributed by atoms with Gasteiger partial charge in [0.1, 0.15) is 0 Å². The van der Waals surface area contributed by atoms with Crippen molar-refractivity contribution in [3.63, 3.8) is 0 Å². The second-order valence-corrected chi connectivity index (χ2v) is 4.58. The fraction of sp³-hybridized carbons (Fsp3) is 0.417. The number of hydrogen-bond donors (Lipinski definition) is 0. The third-order valence-corrected chi connectivity index (χ3v) is 2.71. The van der Waals surface area contributed by atoms with Crippen LogP contribution in [0.4, 0.5) is 13.2 Å². The van der Waals surface area contributed by atoms with Crippen LogP contribution in [-0.4, -0.2) is 31.3 Å². The first kappa shape index (κ1) is 18.2. The zero-order chi connectivity index (χ0) is 13.9. The van der Waals surface area contributed by atoms with Gasteiger partial charge in [-0.15, -0.1) is 12.4 Å². The van der Waals surface area contributed by atoms with Crippen LogP contribution in [0, 0.1) is 0 Å². The van der Waals surface area contributed by atoms with Crippen molar-refractivity contribution in [1.82, 2.24) is 4.90 Å². The summed E-state index contributed by atoms with van der Waals surface area (Å²) in [6, 6.07) is 3.23. The van der Waals surface area contributed by atoms with Crippen LogP contribution in [0.25, 0.3) is 0 Å². The summed E-state index contributed by atoms with van der Waals surface area (Å²) < 4.78 is 37.8. The van der Waals surface area contributed by atoms with E-state index in [9.17, 15) is 18.0 Å². The van der Waals surface area contributed by atoms with E-state index in [-0.39, 0.29) is 30.2 Å². The van der Waals surface area contributed by atoms with Crippen LogP contribution < -0.4 is 0 Å². The first-order valence-corrected chi connectivity index (χ1v) is 5.64. The maximum Gasteiger partial charge on any atom is 0.417 e. The van der Waals surface area contributed by atoms with Gasteiger partial charge >= 0.3 is 6.18 Å². The van der Waals surface area contributed by atoms with E-state index in [0.717, 1.165) is 12.1 Å². The number of nitrogens with zero attached hydrogens (tertiary/aromatic N) is 1. The van der Waals surface area contributed by atoms with Gasteiger partial charge in [-0.3, -0.25) is 4.79 Å². The smallest absolute Gasteiger partial charge is 0.309 e. The molecule has 0 saturated carbocycles. The summed E-state index contributed by atoms with van der Waals surface area (Å²) in [6.45, 7) is 0.489. The lowest BCUT2D eigenvalue weighted by atomic mass is 10.0. The molecule has 0 spiro atoms. The van der Waals surface area contributed by atoms with E-state index in [1.54, 1.807) is 19.0 Å². The Labute approximate surface area is 120 Å². The molecule has 1 aromatic carbocycles. The van der Waals surface area contributed by atoms with E-state index in [0.29, 0.717) is 6.54 Å². The lowest BCUT2D eigenvalue weighted by molar-refractivity contribution is -0.137. The van der Waals surface area contributed by atoms with E-state index >= 15 is 0 Å². The highest BCUT2D eigenvalue weighted by atomic mass is 35.5. The SMILES string of the molecule is CN(C)CCC(=O)c1ccc(Cl)c(C(F)(F)F)c1.Cl. The number of carbonyl (C=O) groups excluding carboxylic acids is 1. The molecule has 7 heteroatoms. The monoisotopic (exact) mass is 315 g/mol. The van der Waals surface area contributed by atoms with Crippen LogP contribution in [0.1, 0.15) is 22.3 Å². The van der Waals surface area contributed by atoms with Crippen LogP contribution in [0.3, 0.4) is 0 Å². The minimum atomic E-state index is -4.55. The third-order valence-electron chi connectivity index (χ3n) is 2.38. The van der Waals surface area contributed by atoms with Crippen LogP contribution >= 0.6 is 24.0 Å². The molecule has 0 aliphatic heterocycles. The van der Waals surface area contributed by atoms with Crippen molar-refractivity contribution >= 4 is 29.8 Å². The van der Waals surface area contributed by atoms with E-state index in [1.165, 1.54) is 6.07 Å². The van der Waals surface area contributed by atoms with Gasteiger partial charge in [-0.05, 0) is 32.3 Å². The molecule has 0 heterocycles. The van der Waals surface area contributed by atoms with Gasteiger partial charge in [-0.1, -0.05) is 11.6 Å². The molecule has 108 valence electrons. The summed E-state index contributed by atoms with van der Waals surface area (Å²) in [5.74, 6) is -0.328. The molecule has 0 fully saturated rings. The average molecular weight is 316 g/mol. The van der Waals surface area contributed by atoms with Crippen LogP contribution in [0.15, 0.2) is 18.2 Å². The Morgan fingerprint density at radius 3 is 2.37 bits per heavy atom. The Kier molecular flexibility index (Phi) is 6.83. The summed E-state index contributed by atoms with van der Waals surface area (Å²) >= 11 is 5.47. The summed E-state index contributed by atoms with van der Waals surface area (Å²) in [4.78, 5) is 13.5. The predicted molar refractivity (Wildman–Crippen MR) is 71.2 cm³/mol. The fourth-order valence-electron chi connectivity index (χ4n) is 1.39. The standard InChI is InChI=1S/C12H13ClF3NO.ClH/c1-17(2)6-5-11(18)8-3-4-10(13)9(7-8)12(14,15)16;/h3-4,7H,5-6H2,1-2H3;1H. The first-order valence-electron chi connectivity index (χ1n) is 5.26. The Morgan fingerprint density at radius 2 is 1.89 bits per heavy atom. The van der Waals surface area contributed by atoms with Crippen molar-refractivity contribution in [2.24, 2.45) is 0 Å². The van der Waals surface area contributed by atoms with Gasteiger partial charge < -0.3 is 4.90 Å². The van der Waals surface area contributed by atoms with E-state index < -0.39 is 16.8 Å². The molecule has 0 atom stereocenters. The number of hydrogen-bond acceptors (Lipinski definition) is 2. The lowest BCUT2D eigenvalue weighted by Gasteiger charge is -2.11. The summed E-state index contributed by atoms with van der Waals surface area (Å²) in [7, 11) is 3.58. The molecule has 0 N–H and O–H groups in total. The molecule has 0 unspecified atom stereocenters. The minimum Gasteiger partial charge on any atom is -0.309 e. The number of Topliss-reactive ketones (excluding diaryl/α,β-unsaturated/α-hetero) is 1. The van der Waals surface area contributed by atoms with Crippen LogP contribution in [0.2, 0.25) is 5.02 Å². The van der Waals surface area contributed by atoms with Gasteiger partial charge in [0.2, 0.25) is 0 Å². The number of carbonyl (C=O) groups is 1. The van der Waals surface area contributed by atoms with E-state index in [4.69, 9.17) is 11.6 Å². The van der Waals surface area contributed by atoms with Gasteiger partial charge in [0.25, 0.3) is 0 Å². The van der Waals surface area contributed by atoms with Crippen LogP contribution in [-0.2, 0) is 6.18 Å². The Hall–Kier alpha value is -0.780. The number of ketones is 1. The molecule has 1 aromatic rings. The minimum absolute atomic E-state index is 0. The largest absolute Gasteiger partial charge is 0.417 e. The number of rotatable bonds is 4. The van der Waals surface area contributed by atoms with Gasteiger partial charge in [0.05, 0.1) is 10.6 Å². The average Bonchev–Trinajstić information content (AvgIpc) is 2.24. The first-order chi connectivity index (χ1) is 8.21. The molecule has 1 rings (SSSR count). The summed E-state index contributed by atoms with van der Waals surface area (Å²) in [5.41, 5.74) is -0.937. The van der Waals surface area contributed by atoms with Crippen molar-refractivity contribution in [2.75, 3.05) is 20.6 Å². The maximum absolute atomic E-state index is 12.6. The number of benzene rings is 1. The topological polar surface area (TPSA) is 20.3 Å². The lowest BCUT2D eigenvalue weighted by Crippen LogP contribution is -2.17. The molecule has 2 nitrogen and oxygen atoms in total. The molecule has 0 radical (unpaired) electrons. The Morgan fingerprint density at radius 1 is 1.32 bits per heavy atom. The second-order valence-electron chi connectivity index (χ2n) is 4.17. The molecule has 0 aromatic heterocycles. The molecule has 0 aliphatic carbocycles. The molecular formula is C12H14Cl2F3NO. The second kappa shape index (κ2) is 7.12. The third kappa shape index (κ3) is 5.38. The van der Waals surface area contributed by atoms with Crippen LogP contribution in [0.5, 0.6) is 0 Å². The molecule has 0 bridgehead atoms. The maximum atomic E-state index is 12.6. The zero-order valence-corrected chi connectivity index (χ0v) is 12.0. The Balaban J connectivity index is 0.00000324. The Bertz CT molecular complexity index is 447. The number of alkyl halides is 3. The van der Waals surface area contributed by atoms with Gasteiger partial charge in [0.15, 0.2) is 5.78 Å². The van der Waals surface area contributed by atoms with Gasteiger partial charge in [0, 0.05) is 18.5 Å². The highest BCUT2D eigenvalue weighted by molar-refractivity contribution is 6.31. The summed E-state index contributed by atoms with van der Waals surface area (Å²) in [5, 5.41) is -0.397. The summed E-state index contributed by atoms with van der Waals surface area (Å²) in [6.07, 6.45) is -4.37.